The van der Waals surface area contributed by atoms with E-state index in [2.05, 4.69) is 4.98 Å². The number of ether oxygens (including phenoxy) is 3. The lowest BCUT2D eigenvalue weighted by molar-refractivity contribution is -0.240. The second-order valence-corrected chi connectivity index (χ2v) is 6.85. The van der Waals surface area contributed by atoms with Crippen molar-refractivity contribution in [1.29, 1.82) is 0 Å². The van der Waals surface area contributed by atoms with Crippen LogP contribution in [0, 0.1) is 0 Å². The van der Waals surface area contributed by atoms with Gasteiger partial charge in [0.2, 0.25) is 0 Å². The van der Waals surface area contributed by atoms with Crippen molar-refractivity contribution in [2.24, 2.45) is 0 Å². The molecule has 2 fully saturated rings. The maximum Gasteiger partial charge on any atom is 0.302 e. The van der Waals surface area contributed by atoms with Crippen LogP contribution in [0.15, 0.2) is 17.1 Å². The minimum absolute atomic E-state index is 0.196. The Labute approximate surface area is 138 Å². The maximum atomic E-state index is 11.5. The molecule has 2 aliphatic heterocycles. The lowest BCUT2D eigenvalue weighted by atomic mass is 10.0. The molecule has 0 aromatic carbocycles. The Morgan fingerprint density at radius 2 is 2.26 bits per heavy atom. The number of nitrogens with zero attached hydrogens (tertiary/aromatic N) is 2. The average Bonchev–Trinajstić information content (AvgIpc) is 3.06. The van der Waals surface area contributed by atoms with Crippen molar-refractivity contribution in [3.8, 4) is 6.01 Å². The summed E-state index contributed by atoms with van der Waals surface area (Å²) in [5, 5.41) is 10.6. The highest BCUT2D eigenvalue weighted by molar-refractivity contribution is 6.18. The molecule has 0 radical (unpaired) electrons. The molecule has 1 saturated heterocycles. The Kier molecular flexibility index (Phi) is 3.64. The van der Waals surface area contributed by atoms with E-state index in [9.17, 15) is 9.90 Å². The highest BCUT2D eigenvalue weighted by atomic mass is 35.5. The number of aliphatic hydroxyl groups is 1. The number of aromatic nitrogens is 2. The Bertz CT molecular complexity index is 660. The summed E-state index contributed by atoms with van der Waals surface area (Å²) in [7, 11) is 0. The molecule has 4 rings (SSSR count). The first-order valence-electron chi connectivity index (χ1n) is 7.89. The van der Waals surface area contributed by atoms with E-state index < -0.39 is 17.6 Å². The van der Waals surface area contributed by atoms with Gasteiger partial charge >= 0.3 is 6.01 Å². The summed E-state index contributed by atoms with van der Waals surface area (Å²) < 4.78 is 19.4. The van der Waals surface area contributed by atoms with Gasteiger partial charge in [0.05, 0.1) is 5.88 Å². The Hall–Kier alpha value is -1.15. The second-order valence-electron chi connectivity index (χ2n) is 6.58. The molecule has 7 nitrogen and oxygen atoms in total. The number of hydrogen-bond donors (Lipinski definition) is 1. The monoisotopic (exact) mass is 342 g/mol. The molecule has 1 saturated carbocycles. The SMILES string of the molecule is O=c1ccn2c(n1)OC[C@]1(CCl)CC(OC3(O)CCCC3)[C@H]2O1. The first kappa shape index (κ1) is 15.4. The molecule has 126 valence electrons. The number of hydrogen-bond acceptors (Lipinski definition) is 6. The van der Waals surface area contributed by atoms with Crippen LogP contribution >= 0.6 is 11.6 Å². The summed E-state index contributed by atoms with van der Waals surface area (Å²) in [6.45, 7) is 0.196. The summed E-state index contributed by atoms with van der Waals surface area (Å²) in [5.74, 6) is -0.873. The van der Waals surface area contributed by atoms with E-state index in [-0.39, 0.29) is 30.2 Å². The van der Waals surface area contributed by atoms with E-state index in [1.165, 1.54) is 6.07 Å². The van der Waals surface area contributed by atoms with E-state index in [1.54, 1.807) is 10.8 Å². The van der Waals surface area contributed by atoms with Gasteiger partial charge in [-0.05, 0) is 12.8 Å². The highest BCUT2D eigenvalue weighted by Gasteiger charge is 2.53. The molecule has 3 atom stereocenters. The van der Waals surface area contributed by atoms with Crippen LogP contribution in [0.4, 0.5) is 0 Å². The van der Waals surface area contributed by atoms with Gasteiger partial charge < -0.3 is 19.3 Å². The van der Waals surface area contributed by atoms with Gasteiger partial charge in [0.15, 0.2) is 12.0 Å². The van der Waals surface area contributed by atoms with Crippen LogP contribution in [0.5, 0.6) is 6.01 Å². The molecule has 3 aliphatic rings. The highest BCUT2D eigenvalue weighted by Crippen LogP contribution is 2.45. The topological polar surface area (TPSA) is 82.8 Å². The van der Waals surface area contributed by atoms with Crippen LogP contribution < -0.4 is 10.3 Å². The van der Waals surface area contributed by atoms with Crippen molar-refractivity contribution in [2.75, 3.05) is 12.5 Å². The van der Waals surface area contributed by atoms with Gasteiger partial charge in [0.25, 0.3) is 5.56 Å². The van der Waals surface area contributed by atoms with Gasteiger partial charge in [-0.2, -0.15) is 4.98 Å². The van der Waals surface area contributed by atoms with E-state index in [1.807, 2.05) is 0 Å². The zero-order valence-corrected chi connectivity index (χ0v) is 13.4. The van der Waals surface area contributed by atoms with E-state index >= 15 is 0 Å². The summed E-state index contributed by atoms with van der Waals surface area (Å²) in [6, 6.07) is 1.55. The molecule has 0 amide bonds. The third kappa shape index (κ3) is 2.65. The molecule has 8 heteroatoms. The molecule has 1 N–H and O–H groups in total. The van der Waals surface area contributed by atoms with Crippen LogP contribution in [0.2, 0.25) is 0 Å². The number of alkyl halides is 1. The zero-order valence-electron chi connectivity index (χ0n) is 12.6. The molecule has 1 aromatic heterocycles. The minimum Gasteiger partial charge on any atom is -0.461 e. The van der Waals surface area contributed by atoms with Crippen LogP contribution in [0.25, 0.3) is 0 Å². The molecule has 1 aromatic rings. The smallest absolute Gasteiger partial charge is 0.302 e. The van der Waals surface area contributed by atoms with Crippen LogP contribution in [0.3, 0.4) is 0 Å². The predicted molar refractivity (Wildman–Crippen MR) is 80.5 cm³/mol. The first-order valence-corrected chi connectivity index (χ1v) is 8.42. The van der Waals surface area contributed by atoms with Crippen molar-refractivity contribution in [2.45, 2.75) is 55.8 Å². The fourth-order valence-corrected chi connectivity index (χ4v) is 3.87. The van der Waals surface area contributed by atoms with Crippen LogP contribution in [0.1, 0.15) is 38.3 Å². The summed E-state index contributed by atoms with van der Waals surface area (Å²) in [6.07, 6.45) is 4.35. The quantitative estimate of drug-likeness (QED) is 0.656. The Morgan fingerprint density at radius 1 is 1.48 bits per heavy atom. The molecular weight excluding hydrogens is 324 g/mol. The van der Waals surface area contributed by atoms with Gasteiger partial charge in [-0.25, -0.2) is 0 Å². The molecule has 3 heterocycles. The molecule has 23 heavy (non-hydrogen) atoms. The largest absolute Gasteiger partial charge is 0.461 e. The lowest BCUT2D eigenvalue weighted by Crippen LogP contribution is -2.40. The normalized spacial score (nSPS) is 34.7. The second kappa shape index (κ2) is 5.44. The third-order valence-corrected chi connectivity index (χ3v) is 5.29. The summed E-state index contributed by atoms with van der Waals surface area (Å²) >= 11 is 6.11. The first-order chi connectivity index (χ1) is 11.0. The van der Waals surface area contributed by atoms with Crippen molar-refractivity contribution in [3.05, 3.63) is 22.6 Å². The Balaban J connectivity index is 1.69. The third-order valence-electron chi connectivity index (χ3n) is 4.80. The molecular formula is C15H19ClN2O5. The fourth-order valence-electron chi connectivity index (χ4n) is 3.62. The summed E-state index contributed by atoms with van der Waals surface area (Å²) in [5.41, 5.74) is -1.08. The molecule has 0 spiro atoms. The number of rotatable bonds is 3. The van der Waals surface area contributed by atoms with Gasteiger partial charge in [0, 0.05) is 31.5 Å². The lowest BCUT2D eigenvalue weighted by Gasteiger charge is -2.31. The van der Waals surface area contributed by atoms with E-state index in [4.69, 9.17) is 25.8 Å². The Morgan fingerprint density at radius 3 is 3.00 bits per heavy atom. The van der Waals surface area contributed by atoms with E-state index in [0.717, 1.165) is 12.8 Å². The zero-order chi connectivity index (χ0) is 16.1. The van der Waals surface area contributed by atoms with Crippen LogP contribution in [-0.2, 0) is 9.47 Å². The van der Waals surface area contributed by atoms with E-state index in [0.29, 0.717) is 19.3 Å². The standard InChI is InChI=1S/C15H19ClN2O5/c16-8-14-7-10(22-15(20)4-1-2-5-15)12(23-14)18-6-3-11(19)17-13(18)21-9-14/h3,6,10,12,20H,1-2,4-5,7-9H2/t10?,12-,14-/m1/s1. The molecule has 1 aliphatic carbocycles. The summed E-state index contributed by atoms with van der Waals surface area (Å²) in [4.78, 5) is 15.4. The number of fused-ring (bicyclic) bond motifs is 4. The molecule has 2 bridgehead atoms. The van der Waals surface area contributed by atoms with Gasteiger partial charge in [-0.3, -0.25) is 9.36 Å². The maximum absolute atomic E-state index is 11.5. The number of halogens is 1. The van der Waals surface area contributed by atoms with Crippen molar-refractivity contribution in [1.82, 2.24) is 9.55 Å². The minimum atomic E-state index is -1.11. The van der Waals surface area contributed by atoms with Gasteiger partial charge in [-0.1, -0.05) is 0 Å². The van der Waals surface area contributed by atoms with Crippen molar-refractivity contribution < 1.29 is 19.3 Å². The van der Waals surface area contributed by atoms with Crippen LogP contribution in [-0.4, -0.2) is 44.6 Å². The van der Waals surface area contributed by atoms with Gasteiger partial charge in [-0.15, -0.1) is 11.6 Å². The van der Waals surface area contributed by atoms with Gasteiger partial charge in [0.1, 0.15) is 18.3 Å². The fraction of sp³-hybridized carbons (Fsp3) is 0.733. The van der Waals surface area contributed by atoms with Crippen molar-refractivity contribution >= 4 is 11.6 Å². The average molecular weight is 343 g/mol. The van der Waals surface area contributed by atoms with Crippen molar-refractivity contribution in [3.63, 3.8) is 0 Å². The predicted octanol–water partition coefficient (Wildman–Crippen LogP) is 1.18. The molecule has 1 unspecified atom stereocenters.